The zero-order chi connectivity index (χ0) is 36.1. The van der Waals surface area contributed by atoms with Crippen LogP contribution in [0.4, 0.5) is 0 Å². The quantitative estimate of drug-likeness (QED) is 0.104. The van der Waals surface area contributed by atoms with Gasteiger partial charge in [-0.15, -0.1) is 0 Å². The van der Waals surface area contributed by atoms with Gasteiger partial charge in [0.05, 0.1) is 40.5 Å². The molecule has 4 aromatic heterocycles. The number of imidazole rings is 4. The Bertz CT molecular complexity index is 1550. The molecular formula is C24H36N8O12S4Zr. The smallest absolute Gasteiger partial charge is 0.748 e. The van der Waals surface area contributed by atoms with Crippen molar-refractivity contribution in [3.05, 3.63) is 72.9 Å². The molecule has 0 spiro atoms. The first-order chi connectivity index (χ1) is 22.3. The fourth-order valence-corrected chi connectivity index (χ4v) is 5.40. The number of hydrogen-bond acceptors (Lipinski definition) is 16. The van der Waals surface area contributed by atoms with Crippen LogP contribution in [0, 0.1) is 0 Å². The van der Waals surface area contributed by atoms with Crippen LogP contribution in [-0.4, -0.2) is 115 Å². The summed E-state index contributed by atoms with van der Waals surface area (Å²) in [5, 5.41) is 0. The number of aromatic nitrogens is 8. The predicted molar refractivity (Wildman–Crippen MR) is 166 cm³/mol. The first kappa shape index (κ1) is 46.4. The number of nitrogens with one attached hydrogen (secondary N) is 4. The average molecular weight is 848 g/mol. The minimum Gasteiger partial charge on any atom is -0.748 e. The maximum atomic E-state index is 10.2. The second kappa shape index (κ2) is 23.7. The van der Waals surface area contributed by atoms with E-state index in [-0.39, 0.29) is 49.2 Å². The van der Waals surface area contributed by atoms with Crippen molar-refractivity contribution >= 4 is 40.5 Å². The number of aromatic amines is 4. The third-order valence-corrected chi connectivity index (χ3v) is 8.61. The van der Waals surface area contributed by atoms with Gasteiger partial charge >= 0.3 is 26.2 Å². The second-order valence-corrected chi connectivity index (χ2v) is 15.7. The second-order valence-electron chi connectivity index (χ2n) is 9.60. The van der Waals surface area contributed by atoms with Crippen LogP contribution in [0.3, 0.4) is 0 Å². The fourth-order valence-electron chi connectivity index (χ4n) is 3.40. The van der Waals surface area contributed by atoms with E-state index in [4.69, 9.17) is 0 Å². The number of H-pyrrole nitrogens is 4. The normalized spacial score (nSPS) is 11.5. The van der Waals surface area contributed by atoms with Crippen molar-refractivity contribution in [3.63, 3.8) is 0 Å². The van der Waals surface area contributed by atoms with E-state index in [2.05, 4.69) is 39.9 Å². The zero-order valence-corrected chi connectivity index (χ0v) is 31.6. The Balaban J connectivity index is 0.000000623. The van der Waals surface area contributed by atoms with Crippen molar-refractivity contribution in [3.8, 4) is 0 Å². The van der Waals surface area contributed by atoms with Gasteiger partial charge in [0, 0.05) is 98.3 Å². The largest absolute Gasteiger partial charge is 4.00 e. The molecule has 0 saturated heterocycles. The average Bonchev–Trinajstić information content (AvgIpc) is 3.77. The summed E-state index contributed by atoms with van der Waals surface area (Å²) in [5.74, 6) is 1.53. The molecule has 0 atom stereocenters. The SMILES string of the molecule is O=S(=O)([O-])CCCc1ncc[nH]1.O=S(=O)([O-])CCCc1ncc[nH]1.O=S(=O)([O-])CCCc1ncc[nH]1.O=S(=O)([O-])CCCc1ncc[nH]1.[Zr+4]. The molecule has 0 aliphatic heterocycles. The summed E-state index contributed by atoms with van der Waals surface area (Å²) in [6.07, 6.45) is 16.2. The number of hydrogen-bond donors (Lipinski definition) is 4. The van der Waals surface area contributed by atoms with E-state index < -0.39 is 40.5 Å². The Morgan fingerprint density at radius 1 is 0.408 bits per heavy atom. The predicted octanol–water partition coefficient (Wildman–Crippen LogP) is -0.452. The maximum Gasteiger partial charge on any atom is 4.00 e. The molecule has 4 N–H and O–H groups in total. The maximum absolute atomic E-state index is 10.2. The van der Waals surface area contributed by atoms with Gasteiger partial charge in [-0.3, -0.25) is 0 Å². The molecule has 0 aromatic carbocycles. The molecule has 20 nitrogen and oxygen atoms in total. The van der Waals surface area contributed by atoms with Crippen molar-refractivity contribution < 1.29 is 78.1 Å². The molecule has 272 valence electrons. The van der Waals surface area contributed by atoms with Crippen LogP contribution in [0.2, 0.25) is 0 Å². The molecule has 0 unspecified atom stereocenters. The molecule has 4 rings (SSSR count). The van der Waals surface area contributed by atoms with Crippen LogP contribution in [0.25, 0.3) is 0 Å². The Morgan fingerprint density at radius 3 is 0.714 bits per heavy atom. The van der Waals surface area contributed by atoms with Crippen molar-refractivity contribution in [1.29, 1.82) is 0 Å². The van der Waals surface area contributed by atoms with Gasteiger partial charge in [0.1, 0.15) is 23.3 Å². The molecule has 4 aromatic rings. The zero-order valence-electron chi connectivity index (χ0n) is 25.9. The summed E-state index contributed by atoms with van der Waals surface area (Å²) < 4.78 is 122. The topological polar surface area (TPSA) is 344 Å². The van der Waals surface area contributed by atoms with Crippen molar-refractivity contribution in [2.45, 2.75) is 51.4 Å². The molecule has 4 heterocycles. The van der Waals surface area contributed by atoms with E-state index in [1.807, 2.05) is 0 Å². The van der Waals surface area contributed by atoms with Crippen molar-refractivity contribution in [2.75, 3.05) is 23.0 Å². The summed E-state index contributed by atoms with van der Waals surface area (Å²) in [6, 6.07) is 0. The van der Waals surface area contributed by atoms with Crippen molar-refractivity contribution in [1.82, 2.24) is 39.9 Å². The van der Waals surface area contributed by atoms with E-state index in [1.54, 1.807) is 49.6 Å². The van der Waals surface area contributed by atoms with Crippen LogP contribution in [0.5, 0.6) is 0 Å². The standard InChI is InChI=1S/4C6H10N2O3S.Zr/c4*9-12(10,11)5-1-2-6-7-3-4-8-6;/h4*3-4H,1-2,5H2,(H,7,8)(H,9,10,11);/q;;;;+4/p-4. The Hall–Kier alpha value is -2.64. The van der Waals surface area contributed by atoms with Gasteiger partial charge in [0.15, 0.2) is 0 Å². The van der Waals surface area contributed by atoms with Crippen LogP contribution in [0.1, 0.15) is 49.0 Å². The minimum atomic E-state index is -4.07. The van der Waals surface area contributed by atoms with Crippen LogP contribution < -0.4 is 0 Å². The molecular weight excluding hydrogens is 812 g/mol. The number of nitrogens with zero attached hydrogens (tertiary/aromatic N) is 4. The van der Waals surface area contributed by atoms with Gasteiger partial charge in [0.25, 0.3) is 0 Å². The van der Waals surface area contributed by atoms with Crippen LogP contribution in [-0.2, 0) is 92.4 Å². The molecule has 0 amide bonds. The molecule has 0 aliphatic rings. The van der Waals surface area contributed by atoms with E-state index in [1.165, 1.54) is 0 Å². The molecule has 25 heteroatoms. The number of aryl methyl sites for hydroxylation is 4. The molecule has 0 bridgehead atoms. The van der Waals surface area contributed by atoms with Crippen molar-refractivity contribution in [2.24, 2.45) is 0 Å². The van der Waals surface area contributed by atoms with E-state index >= 15 is 0 Å². The fraction of sp³-hybridized carbons (Fsp3) is 0.500. The van der Waals surface area contributed by atoms with Gasteiger partial charge in [-0.1, -0.05) is 0 Å². The van der Waals surface area contributed by atoms with E-state index in [0.717, 1.165) is 0 Å². The van der Waals surface area contributed by atoms with Gasteiger partial charge in [-0.25, -0.2) is 53.6 Å². The minimum absolute atomic E-state index is 0. The molecule has 0 aliphatic carbocycles. The molecule has 0 fully saturated rings. The van der Waals surface area contributed by atoms with Gasteiger partial charge in [-0.05, 0) is 25.7 Å². The van der Waals surface area contributed by atoms with E-state index in [9.17, 15) is 51.9 Å². The molecule has 0 radical (unpaired) electrons. The first-order valence-electron chi connectivity index (χ1n) is 14.0. The first-order valence-corrected chi connectivity index (χ1v) is 20.3. The summed E-state index contributed by atoms with van der Waals surface area (Å²) in [5.41, 5.74) is 0. The molecule has 0 saturated carbocycles. The Morgan fingerprint density at radius 2 is 0.592 bits per heavy atom. The Kier molecular flexibility index (Phi) is 22.4. The third-order valence-electron chi connectivity index (χ3n) is 5.45. The van der Waals surface area contributed by atoms with Gasteiger partial charge in [-0.2, -0.15) is 0 Å². The van der Waals surface area contributed by atoms with Crippen LogP contribution in [0.15, 0.2) is 49.6 Å². The molecule has 49 heavy (non-hydrogen) atoms. The van der Waals surface area contributed by atoms with Gasteiger partial charge < -0.3 is 38.1 Å². The third kappa shape index (κ3) is 30.0. The van der Waals surface area contributed by atoms with Crippen LogP contribution >= 0.6 is 0 Å². The summed E-state index contributed by atoms with van der Waals surface area (Å²) in [7, 11) is -16.3. The van der Waals surface area contributed by atoms with Gasteiger partial charge in [0.2, 0.25) is 0 Å². The van der Waals surface area contributed by atoms with E-state index in [0.29, 0.717) is 74.7 Å². The summed E-state index contributed by atoms with van der Waals surface area (Å²) in [6.45, 7) is 0. The number of rotatable bonds is 16. The monoisotopic (exact) mass is 846 g/mol. The summed E-state index contributed by atoms with van der Waals surface area (Å²) in [4.78, 5) is 26.8. The summed E-state index contributed by atoms with van der Waals surface area (Å²) >= 11 is 0. The Labute approximate surface area is 303 Å².